The van der Waals surface area contributed by atoms with Crippen LogP contribution >= 0.6 is 0 Å². The van der Waals surface area contributed by atoms with Crippen LogP contribution in [0.25, 0.3) is 0 Å². The molecule has 7 heteroatoms. The van der Waals surface area contributed by atoms with Gasteiger partial charge in [-0.05, 0) is 37.0 Å². The average molecular weight is 348 g/mol. The molecular formula is C18H28N4O3. The summed E-state index contributed by atoms with van der Waals surface area (Å²) in [5, 5.41) is 5.29. The molecule has 0 aliphatic rings. The number of aryl methyl sites for hydroxylation is 1. The molecule has 0 fully saturated rings. The van der Waals surface area contributed by atoms with Gasteiger partial charge >= 0.3 is 0 Å². The molecule has 0 heterocycles. The maximum absolute atomic E-state index is 12.1. The second-order valence-corrected chi connectivity index (χ2v) is 6.53. The Kier molecular flexibility index (Phi) is 7.57. The molecule has 0 aromatic heterocycles. The number of hydrogen-bond acceptors (Lipinski definition) is 4. The van der Waals surface area contributed by atoms with Gasteiger partial charge in [0, 0.05) is 12.7 Å². The zero-order valence-corrected chi connectivity index (χ0v) is 15.6. The Bertz CT molecular complexity index is 643. The molecule has 7 nitrogen and oxygen atoms in total. The van der Waals surface area contributed by atoms with Crippen LogP contribution in [0.3, 0.4) is 0 Å². The van der Waals surface area contributed by atoms with Crippen molar-refractivity contribution < 1.29 is 14.4 Å². The fourth-order valence-corrected chi connectivity index (χ4v) is 2.10. The molecule has 0 spiro atoms. The summed E-state index contributed by atoms with van der Waals surface area (Å²) in [6.45, 7) is 7.26. The molecule has 0 saturated heterocycles. The van der Waals surface area contributed by atoms with E-state index in [0.29, 0.717) is 0 Å². The van der Waals surface area contributed by atoms with Crippen LogP contribution in [-0.2, 0) is 14.4 Å². The fourth-order valence-electron chi connectivity index (χ4n) is 2.10. The molecule has 0 aliphatic carbocycles. The standard InChI is InChI=1S/C18H28N4O3/c1-11(2)17(19)18(25)20-9-16(24)22(5)10-15(23)21-14-8-6-7-12(3)13(14)4/h6-8,11,17H,9-10,19H2,1-5H3,(H,20,25)(H,21,23)/t17-/m0/s1. The normalized spacial score (nSPS) is 11.8. The Labute approximate surface area is 148 Å². The van der Waals surface area contributed by atoms with E-state index in [-0.39, 0.29) is 36.7 Å². The fraction of sp³-hybridized carbons (Fsp3) is 0.500. The quantitative estimate of drug-likeness (QED) is 0.678. The minimum absolute atomic E-state index is 0.0174. The van der Waals surface area contributed by atoms with Gasteiger partial charge in [-0.25, -0.2) is 0 Å². The molecule has 3 amide bonds. The van der Waals surface area contributed by atoms with Crippen molar-refractivity contribution in [2.75, 3.05) is 25.5 Å². The molecule has 0 bridgehead atoms. The van der Waals surface area contributed by atoms with E-state index in [2.05, 4.69) is 10.6 Å². The third kappa shape index (κ3) is 6.19. The minimum Gasteiger partial charge on any atom is -0.346 e. The van der Waals surface area contributed by atoms with Crippen LogP contribution in [0.4, 0.5) is 5.69 Å². The van der Waals surface area contributed by atoms with Crippen molar-refractivity contribution in [2.24, 2.45) is 11.7 Å². The Morgan fingerprint density at radius 1 is 1.20 bits per heavy atom. The molecule has 0 unspecified atom stereocenters. The number of hydrogen-bond donors (Lipinski definition) is 3. The van der Waals surface area contributed by atoms with Crippen molar-refractivity contribution in [3.8, 4) is 0 Å². The van der Waals surface area contributed by atoms with Gasteiger partial charge in [0.15, 0.2) is 0 Å². The third-order valence-electron chi connectivity index (χ3n) is 4.12. The largest absolute Gasteiger partial charge is 0.346 e. The van der Waals surface area contributed by atoms with Crippen LogP contribution in [-0.4, -0.2) is 48.8 Å². The van der Waals surface area contributed by atoms with E-state index in [0.717, 1.165) is 16.8 Å². The van der Waals surface area contributed by atoms with Crippen LogP contribution in [0.2, 0.25) is 0 Å². The smallest absolute Gasteiger partial charge is 0.243 e. The number of nitrogens with one attached hydrogen (secondary N) is 2. The average Bonchev–Trinajstić information content (AvgIpc) is 2.55. The van der Waals surface area contributed by atoms with Gasteiger partial charge in [-0.2, -0.15) is 0 Å². The number of rotatable bonds is 7. The highest BCUT2D eigenvalue weighted by Crippen LogP contribution is 2.17. The summed E-state index contributed by atoms with van der Waals surface area (Å²) in [4.78, 5) is 37.2. The molecule has 25 heavy (non-hydrogen) atoms. The topological polar surface area (TPSA) is 105 Å². The Hall–Kier alpha value is -2.41. The van der Waals surface area contributed by atoms with Gasteiger partial charge < -0.3 is 21.3 Å². The molecule has 138 valence electrons. The van der Waals surface area contributed by atoms with Crippen molar-refractivity contribution in [3.63, 3.8) is 0 Å². The zero-order valence-electron chi connectivity index (χ0n) is 15.6. The molecule has 0 radical (unpaired) electrons. The summed E-state index contributed by atoms with van der Waals surface area (Å²) < 4.78 is 0. The van der Waals surface area contributed by atoms with Gasteiger partial charge in [-0.1, -0.05) is 26.0 Å². The number of carbonyl (C=O) groups excluding carboxylic acids is 3. The summed E-state index contributed by atoms with van der Waals surface area (Å²) in [5.74, 6) is -1.05. The van der Waals surface area contributed by atoms with Gasteiger partial charge in [-0.3, -0.25) is 14.4 Å². The lowest BCUT2D eigenvalue weighted by atomic mass is 10.1. The van der Waals surface area contributed by atoms with Crippen molar-refractivity contribution in [1.29, 1.82) is 0 Å². The lowest BCUT2D eigenvalue weighted by molar-refractivity contribution is -0.134. The number of likely N-dealkylation sites (N-methyl/N-ethyl adjacent to an activating group) is 1. The highest BCUT2D eigenvalue weighted by molar-refractivity contribution is 5.96. The van der Waals surface area contributed by atoms with E-state index in [1.807, 2.05) is 45.9 Å². The predicted octanol–water partition coefficient (Wildman–Crippen LogP) is 0.800. The van der Waals surface area contributed by atoms with Crippen LogP contribution in [0.5, 0.6) is 0 Å². The van der Waals surface area contributed by atoms with Crippen LogP contribution in [0.15, 0.2) is 18.2 Å². The highest BCUT2D eigenvalue weighted by Gasteiger charge is 2.19. The number of anilines is 1. The summed E-state index contributed by atoms with van der Waals surface area (Å²) >= 11 is 0. The van der Waals surface area contributed by atoms with Crippen molar-refractivity contribution >= 4 is 23.4 Å². The second kappa shape index (κ2) is 9.17. The van der Waals surface area contributed by atoms with Gasteiger partial charge in [0.25, 0.3) is 0 Å². The summed E-state index contributed by atoms with van der Waals surface area (Å²) in [6, 6.07) is 4.98. The number of nitrogens with two attached hydrogens (primary N) is 1. The number of nitrogens with zero attached hydrogens (tertiary/aromatic N) is 1. The number of carbonyl (C=O) groups is 3. The number of benzene rings is 1. The first kappa shape index (κ1) is 20.6. The predicted molar refractivity (Wildman–Crippen MR) is 98.0 cm³/mol. The molecule has 0 aliphatic heterocycles. The van der Waals surface area contributed by atoms with E-state index >= 15 is 0 Å². The van der Waals surface area contributed by atoms with E-state index in [1.54, 1.807) is 0 Å². The number of amides is 3. The third-order valence-corrected chi connectivity index (χ3v) is 4.12. The molecule has 0 saturated carbocycles. The molecule has 1 aromatic rings. The monoisotopic (exact) mass is 348 g/mol. The van der Waals surface area contributed by atoms with E-state index in [9.17, 15) is 14.4 Å². The first-order valence-corrected chi connectivity index (χ1v) is 8.26. The SMILES string of the molecule is Cc1cccc(NC(=O)CN(C)C(=O)CNC(=O)[C@@H](N)C(C)C)c1C. The zero-order chi connectivity index (χ0) is 19.1. The van der Waals surface area contributed by atoms with Crippen LogP contribution in [0.1, 0.15) is 25.0 Å². The maximum atomic E-state index is 12.1. The van der Waals surface area contributed by atoms with Crippen molar-refractivity contribution in [2.45, 2.75) is 33.7 Å². The Morgan fingerprint density at radius 2 is 1.84 bits per heavy atom. The first-order chi connectivity index (χ1) is 11.6. The molecule has 4 N–H and O–H groups in total. The van der Waals surface area contributed by atoms with Crippen molar-refractivity contribution in [3.05, 3.63) is 29.3 Å². The Balaban J connectivity index is 2.50. The summed E-state index contributed by atoms with van der Waals surface area (Å²) in [7, 11) is 1.51. The van der Waals surface area contributed by atoms with Crippen LogP contribution < -0.4 is 16.4 Å². The van der Waals surface area contributed by atoms with Crippen molar-refractivity contribution in [1.82, 2.24) is 10.2 Å². The van der Waals surface area contributed by atoms with Gasteiger partial charge in [0.2, 0.25) is 17.7 Å². The Morgan fingerprint density at radius 3 is 2.44 bits per heavy atom. The minimum atomic E-state index is -0.661. The molecule has 1 rings (SSSR count). The highest BCUT2D eigenvalue weighted by atomic mass is 16.2. The lowest BCUT2D eigenvalue weighted by Crippen LogP contribution is -2.48. The van der Waals surface area contributed by atoms with Gasteiger partial charge in [-0.15, -0.1) is 0 Å². The van der Waals surface area contributed by atoms with E-state index < -0.39 is 6.04 Å². The summed E-state index contributed by atoms with van der Waals surface area (Å²) in [6.07, 6.45) is 0. The molecule has 1 atom stereocenters. The lowest BCUT2D eigenvalue weighted by Gasteiger charge is -2.19. The van der Waals surface area contributed by atoms with E-state index in [4.69, 9.17) is 5.73 Å². The second-order valence-electron chi connectivity index (χ2n) is 6.53. The van der Waals surface area contributed by atoms with Gasteiger partial charge in [0.05, 0.1) is 19.1 Å². The molecular weight excluding hydrogens is 320 g/mol. The molecule has 1 aromatic carbocycles. The first-order valence-electron chi connectivity index (χ1n) is 8.26. The summed E-state index contributed by atoms with van der Waals surface area (Å²) in [5.41, 5.74) is 8.50. The van der Waals surface area contributed by atoms with Crippen LogP contribution in [0, 0.1) is 19.8 Å². The maximum Gasteiger partial charge on any atom is 0.243 e. The van der Waals surface area contributed by atoms with E-state index in [1.165, 1.54) is 11.9 Å². The van der Waals surface area contributed by atoms with Gasteiger partial charge in [0.1, 0.15) is 0 Å².